The van der Waals surface area contributed by atoms with E-state index in [1.807, 2.05) is 12.1 Å². The molecular weight excluding hydrogens is 248 g/mol. The van der Waals surface area contributed by atoms with Crippen molar-refractivity contribution in [2.75, 3.05) is 20.8 Å². The molecule has 1 aliphatic rings. The van der Waals surface area contributed by atoms with Gasteiger partial charge in [-0.25, -0.2) is 0 Å². The molecule has 0 aliphatic carbocycles. The predicted octanol–water partition coefficient (Wildman–Crippen LogP) is 2.54. The van der Waals surface area contributed by atoms with Crippen molar-refractivity contribution in [3.8, 4) is 11.5 Å². The van der Waals surface area contributed by atoms with Crippen LogP contribution >= 0.6 is 15.9 Å². The maximum absolute atomic E-state index is 5.26. The van der Waals surface area contributed by atoms with Crippen LogP contribution in [-0.2, 0) is 4.74 Å². The minimum Gasteiger partial charge on any atom is -0.496 e. The number of rotatable bonds is 3. The summed E-state index contributed by atoms with van der Waals surface area (Å²) >= 11 is 3.41. The highest BCUT2D eigenvalue weighted by atomic mass is 79.9. The van der Waals surface area contributed by atoms with Crippen molar-refractivity contribution in [2.45, 2.75) is 6.10 Å². The van der Waals surface area contributed by atoms with Gasteiger partial charge in [-0.05, 0) is 28.1 Å². The van der Waals surface area contributed by atoms with Crippen LogP contribution in [0.2, 0.25) is 0 Å². The molecule has 0 bridgehead atoms. The maximum atomic E-state index is 5.26. The van der Waals surface area contributed by atoms with Gasteiger partial charge in [0.25, 0.3) is 0 Å². The Bertz CT molecular complexity index is 347. The van der Waals surface area contributed by atoms with E-state index in [0.29, 0.717) is 0 Å². The van der Waals surface area contributed by atoms with Crippen LogP contribution in [0.3, 0.4) is 0 Å². The predicted molar refractivity (Wildman–Crippen MR) is 55.9 cm³/mol. The van der Waals surface area contributed by atoms with Gasteiger partial charge in [0.2, 0.25) is 0 Å². The molecule has 4 heteroatoms. The molecule has 0 aromatic heterocycles. The second-order valence-corrected chi connectivity index (χ2v) is 3.91. The standard InChI is InChI=1S/C10H11BrO3/c1-12-8-4-7(11)9(13-2)3-6(8)10-5-14-10/h3-4,10H,5H2,1-2H3/t10-/m0/s1. The van der Waals surface area contributed by atoms with Crippen LogP contribution in [0.25, 0.3) is 0 Å². The zero-order valence-electron chi connectivity index (χ0n) is 8.04. The number of halogens is 1. The average Bonchev–Trinajstić information content (AvgIpc) is 3.01. The molecule has 1 heterocycles. The van der Waals surface area contributed by atoms with E-state index < -0.39 is 0 Å². The number of ether oxygens (including phenoxy) is 3. The fourth-order valence-corrected chi connectivity index (χ4v) is 1.85. The zero-order valence-corrected chi connectivity index (χ0v) is 9.63. The van der Waals surface area contributed by atoms with Crippen molar-refractivity contribution in [3.05, 3.63) is 22.2 Å². The van der Waals surface area contributed by atoms with Crippen molar-refractivity contribution < 1.29 is 14.2 Å². The van der Waals surface area contributed by atoms with Crippen molar-refractivity contribution >= 4 is 15.9 Å². The smallest absolute Gasteiger partial charge is 0.133 e. The molecule has 0 spiro atoms. The molecule has 3 nitrogen and oxygen atoms in total. The van der Waals surface area contributed by atoms with Gasteiger partial charge in [0.05, 0.1) is 25.3 Å². The van der Waals surface area contributed by atoms with E-state index in [4.69, 9.17) is 14.2 Å². The Morgan fingerprint density at radius 2 is 1.93 bits per heavy atom. The Morgan fingerprint density at radius 3 is 2.43 bits per heavy atom. The molecule has 0 radical (unpaired) electrons. The lowest BCUT2D eigenvalue weighted by molar-refractivity contribution is 0.376. The summed E-state index contributed by atoms with van der Waals surface area (Å²) in [5.74, 6) is 1.64. The lowest BCUT2D eigenvalue weighted by atomic mass is 10.1. The van der Waals surface area contributed by atoms with Gasteiger partial charge in [-0.2, -0.15) is 0 Å². The Hall–Kier alpha value is -0.740. The molecule has 14 heavy (non-hydrogen) atoms. The van der Waals surface area contributed by atoms with Gasteiger partial charge < -0.3 is 14.2 Å². The van der Waals surface area contributed by atoms with E-state index in [9.17, 15) is 0 Å². The maximum Gasteiger partial charge on any atom is 0.133 e. The molecule has 1 saturated heterocycles. The summed E-state index contributed by atoms with van der Waals surface area (Å²) in [7, 11) is 3.30. The highest BCUT2D eigenvalue weighted by molar-refractivity contribution is 9.10. The van der Waals surface area contributed by atoms with Gasteiger partial charge in [0.1, 0.15) is 17.6 Å². The van der Waals surface area contributed by atoms with Gasteiger partial charge >= 0.3 is 0 Å². The second-order valence-electron chi connectivity index (χ2n) is 3.05. The van der Waals surface area contributed by atoms with Crippen LogP contribution in [0.1, 0.15) is 11.7 Å². The number of methoxy groups -OCH3 is 2. The molecule has 1 aliphatic heterocycles. The van der Waals surface area contributed by atoms with Crippen molar-refractivity contribution in [1.82, 2.24) is 0 Å². The first-order valence-electron chi connectivity index (χ1n) is 4.29. The molecule has 1 fully saturated rings. The van der Waals surface area contributed by atoms with Gasteiger partial charge in [0.15, 0.2) is 0 Å². The third-order valence-corrected chi connectivity index (χ3v) is 2.80. The van der Waals surface area contributed by atoms with Gasteiger partial charge in [-0.15, -0.1) is 0 Å². The minimum atomic E-state index is 0.173. The topological polar surface area (TPSA) is 31.0 Å². The monoisotopic (exact) mass is 258 g/mol. The number of epoxide rings is 1. The Morgan fingerprint density at radius 1 is 1.29 bits per heavy atom. The van der Waals surface area contributed by atoms with Crippen LogP contribution in [0.5, 0.6) is 11.5 Å². The fraction of sp³-hybridized carbons (Fsp3) is 0.400. The van der Waals surface area contributed by atoms with Crippen molar-refractivity contribution in [1.29, 1.82) is 0 Å². The lowest BCUT2D eigenvalue weighted by Gasteiger charge is -2.10. The third-order valence-electron chi connectivity index (χ3n) is 2.18. The summed E-state index contributed by atoms with van der Waals surface area (Å²) in [6.07, 6.45) is 0.173. The third kappa shape index (κ3) is 1.72. The summed E-state index contributed by atoms with van der Waals surface area (Å²) in [6, 6.07) is 3.84. The first-order chi connectivity index (χ1) is 6.76. The summed E-state index contributed by atoms with van der Waals surface area (Å²) in [5.41, 5.74) is 1.05. The highest BCUT2D eigenvalue weighted by Crippen LogP contribution is 2.41. The average molecular weight is 259 g/mol. The number of benzene rings is 1. The SMILES string of the molecule is COc1cc([C@@H]2CO2)c(OC)cc1Br. The first kappa shape index (κ1) is 9.80. The molecule has 0 N–H and O–H groups in total. The van der Waals surface area contributed by atoms with Gasteiger partial charge in [-0.3, -0.25) is 0 Å². The normalized spacial score (nSPS) is 19.2. The summed E-state index contributed by atoms with van der Waals surface area (Å²) < 4.78 is 16.6. The van der Waals surface area contributed by atoms with E-state index in [0.717, 1.165) is 28.1 Å². The van der Waals surface area contributed by atoms with Crippen molar-refractivity contribution in [3.63, 3.8) is 0 Å². The van der Waals surface area contributed by atoms with Crippen molar-refractivity contribution in [2.24, 2.45) is 0 Å². The molecule has 0 unspecified atom stereocenters. The quantitative estimate of drug-likeness (QED) is 0.781. The van der Waals surface area contributed by atoms with Gasteiger partial charge in [-0.1, -0.05) is 0 Å². The Balaban J connectivity index is 2.44. The van der Waals surface area contributed by atoms with Gasteiger partial charge in [0, 0.05) is 5.56 Å². The van der Waals surface area contributed by atoms with E-state index in [1.54, 1.807) is 14.2 Å². The van der Waals surface area contributed by atoms with E-state index >= 15 is 0 Å². The Kier molecular flexibility index (Phi) is 2.65. The summed E-state index contributed by atoms with van der Waals surface area (Å²) in [6.45, 7) is 0.765. The highest BCUT2D eigenvalue weighted by Gasteiger charge is 2.29. The summed E-state index contributed by atoms with van der Waals surface area (Å²) in [5, 5.41) is 0. The van der Waals surface area contributed by atoms with E-state index in [2.05, 4.69) is 15.9 Å². The minimum absolute atomic E-state index is 0.173. The molecule has 1 aromatic carbocycles. The molecule has 1 atom stereocenters. The largest absolute Gasteiger partial charge is 0.496 e. The molecular formula is C10H11BrO3. The number of hydrogen-bond acceptors (Lipinski definition) is 3. The lowest BCUT2D eigenvalue weighted by Crippen LogP contribution is -1.93. The van der Waals surface area contributed by atoms with Crippen LogP contribution in [-0.4, -0.2) is 20.8 Å². The molecule has 1 aromatic rings. The molecule has 76 valence electrons. The second kappa shape index (κ2) is 3.79. The fourth-order valence-electron chi connectivity index (χ4n) is 1.36. The van der Waals surface area contributed by atoms with Crippen LogP contribution in [0, 0.1) is 0 Å². The van der Waals surface area contributed by atoms with Crippen LogP contribution in [0.4, 0.5) is 0 Å². The number of hydrogen-bond donors (Lipinski definition) is 0. The Labute approximate surface area is 91.1 Å². The molecule has 2 rings (SSSR count). The molecule has 0 saturated carbocycles. The van der Waals surface area contributed by atoms with E-state index in [1.165, 1.54) is 0 Å². The zero-order chi connectivity index (χ0) is 10.1. The first-order valence-corrected chi connectivity index (χ1v) is 5.08. The summed E-state index contributed by atoms with van der Waals surface area (Å²) in [4.78, 5) is 0. The van der Waals surface area contributed by atoms with E-state index in [-0.39, 0.29) is 6.10 Å². The molecule has 0 amide bonds. The van der Waals surface area contributed by atoms with Crippen LogP contribution in [0.15, 0.2) is 16.6 Å². The van der Waals surface area contributed by atoms with Crippen LogP contribution < -0.4 is 9.47 Å².